The molecule has 0 radical (unpaired) electrons. The minimum absolute atomic E-state index is 0.0768. The van der Waals surface area contributed by atoms with Crippen LogP contribution < -0.4 is 15.6 Å². The zero-order valence-corrected chi connectivity index (χ0v) is 17.2. The molecule has 2 aromatic carbocycles. The predicted molar refractivity (Wildman–Crippen MR) is 114 cm³/mol. The zero-order valence-electron chi connectivity index (χ0n) is 15.6. The van der Waals surface area contributed by atoms with Crippen molar-refractivity contribution in [2.45, 2.75) is 11.7 Å². The molecule has 2 amide bonds. The normalized spacial score (nSPS) is 10.6. The van der Waals surface area contributed by atoms with E-state index in [1.54, 1.807) is 18.2 Å². The fourth-order valence-corrected chi connectivity index (χ4v) is 3.68. The summed E-state index contributed by atoms with van der Waals surface area (Å²) in [6, 6.07) is 12.4. The number of aromatic nitrogens is 2. The van der Waals surface area contributed by atoms with Gasteiger partial charge < -0.3 is 9.30 Å². The highest BCUT2D eigenvalue weighted by Gasteiger charge is 2.15. The number of methoxy groups -OCH3 is 1. The topological polar surface area (TPSA) is 85.2 Å². The van der Waals surface area contributed by atoms with Gasteiger partial charge in [0.05, 0.1) is 29.5 Å². The first-order chi connectivity index (χ1) is 14.0. The van der Waals surface area contributed by atoms with Crippen molar-refractivity contribution in [2.75, 3.05) is 12.9 Å². The molecule has 0 saturated carbocycles. The van der Waals surface area contributed by atoms with Gasteiger partial charge in [0.2, 0.25) is 5.91 Å². The summed E-state index contributed by atoms with van der Waals surface area (Å²) in [5.41, 5.74) is 6.80. The SMILES string of the molecule is C=CCn1c(SCC(=O)NNC(=O)c2cc(Cl)ccc2OC)nc2ccccc21. The molecule has 0 aliphatic rings. The van der Waals surface area contributed by atoms with Crippen LogP contribution >= 0.6 is 23.4 Å². The van der Waals surface area contributed by atoms with Crippen molar-refractivity contribution in [3.8, 4) is 5.75 Å². The number of hydrazine groups is 1. The number of nitrogens with zero attached hydrogens (tertiary/aromatic N) is 2. The highest BCUT2D eigenvalue weighted by atomic mass is 35.5. The third kappa shape index (κ3) is 4.90. The molecule has 1 aromatic heterocycles. The van der Waals surface area contributed by atoms with Crippen molar-refractivity contribution in [3.05, 3.63) is 65.7 Å². The van der Waals surface area contributed by atoms with Gasteiger partial charge in [0, 0.05) is 11.6 Å². The van der Waals surface area contributed by atoms with E-state index in [1.807, 2.05) is 28.8 Å². The molecule has 150 valence electrons. The highest BCUT2D eigenvalue weighted by Crippen LogP contribution is 2.24. The van der Waals surface area contributed by atoms with E-state index in [-0.39, 0.29) is 17.2 Å². The summed E-state index contributed by atoms with van der Waals surface area (Å²) < 4.78 is 7.13. The molecule has 0 unspecified atom stereocenters. The molecule has 0 atom stereocenters. The van der Waals surface area contributed by atoms with Gasteiger partial charge in [-0.25, -0.2) is 4.98 Å². The van der Waals surface area contributed by atoms with E-state index < -0.39 is 5.91 Å². The number of hydrogen-bond donors (Lipinski definition) is 2. The maximum Gasteiger partial charge on any atom is 0.273 e. The molecule has 3 aromatic rings. The molecular weight excluding hydrogens is 412 g/mol. The molecule has 9 heteroatoms. The molecule has 3 rings (SSSR count). The number of nitrogens with one attached hydrogen (secondary N) is 2. The molecule has 0 saturated heterocycles. The van der Waals surface area contributed by atoms with Gasteiger partial charge in [-0.15, -0.1) is 6.58 Å². The lowest BCUT2D eigenvalue weighted by atomic mass is 10.2. The Morgan fingerprint density at radius 1 is 1.28 bits per heavy atom. The Hall–Kier alpha value is -2.97. The second-order valence-corrected chi connectivity index (χ2v) is 7.30. The number of thioether (sulfide) groups is 1. The lowest BCUT2D eigenvalue weighted by Gasteiger charge is -2.11. The Morgan fingerprint density at radius 3 is 2.83 bits per heavy atom. The summed E-state index contributed by atoms with van der Waals surface area (Å²) in [5, 5.41) is 1.09. The maximum atomic E-state index is 12.3. The first kappa shape index (κ1) is 20.8. The standard InChI is InChI=1S/C20H19ClN4O3S/c1-3-10-25-16-7-5-4-6-15(16)22-20(25)29-12-18(26)23-24-19(27)14-11-13(21)8-9-17(14)28-2/h3-9,11H,1,10,12H2,2H3,(H,23,26)(H,24,27). The first-order valence-electron chi connectivity index (χ1n) is 8.65. The molecule has 2 N–H and O–H groups in total. The number of carbonyl (C=O) groups excluding carboxylic acids is 2. The second kappa shape index (κ2) is 9.49. The molecule has 0 aliphatic heterocycles. The number of carbonyl (C=O) groups is 2. The van der Waals surface area contributed by atoms with Crippen LogP contribution in [0.3, 0.4) is 0 Å². The first-order valence-corrected chi connectivity index (χ1v) is 10.0. The lowest BCUT2D eigenvalue weighted by Crippen LogP contribution is -2.42. The number of imidazole rings is 1. The molecule has 0 aliphatic carbocycles. The summed E-state index contributed by atoms with van der Waals surface area (Å²) in [7, 11) is 1.45. The van der Waals surface area contributed by atoms with Gasteiger partial charge in [-0.2, -0.15) is 0 Å². The van der Waals surface area contributed by atoms with E-state index in [9.17, 15) is 9.59 Å². The van der Waals surface area contributed by atoms with Crippen LogP contribution in [0.25, 0.3) is 11.0 Å². The van der Waals surface area contributed by atoms with Crippen molar-refractivity contribution in [3.63, 3.8) is 0 Å². The molecule has 0 spiro atoms. The third-order valence-corrected chi connectivity index (χ3v) is 5.20. The average Bonchev–Trinajstić information content (AvgIpc) is 3.08. The van der Waals surface area contributed by atoms with Crippen molar-refractivity contribution in [1.29, 1.82) is 0 Å². The van der Waals surface area contributed by atoms with Crippen molar-refractivity contribution in [2.24, 2.45) is 0 Å². The monoisotopic (exact) mass is 430 g/mol. The molecule has 1 heterocycles. The van der Waals surface area contributed by atoms with E-state index in [0.717, 1.165) is 11.0 Å². The summed E-state index contributed by atoms with van der Waals surface area (Å²) in [6.07, 6.45) is 1.77. The minimum atomic E-state index is -0.526. The molecule has 0 fully saturated rings. The number of halogens is 1. The fourth-order valence-electron chi connectivity index (χ4n) is 2.69. The summed E-state index contributed by atoms with van der Waals surface area (Å²) in [6.45, 7) is 4.35. The van der Waals surface area contributed by atoms with Crippen molar-refractivity contribution in [1.82, 2.24) is 20.4 Å². The Kier molecular flexibility index (Phi) is 6.79. The van der Waals surface area contributed by atoms with Crippen LogP contribution in [-0.4, -0.2) is 34.2 Å². The largest absolute Gasteiger partial charge is 0.496 e. The zero-order chi connectivity index (χ0) is 20.8. The van der Waals surface area contributed by atoms with Crippen LogP contribution in [0.1, 0.15) is 10.4 Å². The van der Waals surface area contributed by atoms with Gasteiger partial charge in [0.25, 0.3) is 5.91 Å². The second-order valence-electron chi connectivity index (χ2n) is 5.92. The number of amides is 2. The Morgan fingerprint density at radius 2 is 2.07 bits per heavy atom. The number of rotatable bonds is 7. The number of hydrogen-bond acceptors (Lipinski definition) is 5. The van der Waals surface area contributed by atoms with Gasteiger partial charge in [-0.05, 0) is 30.3 Å². The molecular formula is C20H19ClN4O3S. The van der Waals surface area contributed by atoms with Gasteiger partial charge in [-0.3, -0.25) is 20.4 Å². The predicted octanol–water partition coefficient (Wildman–Crippen LogP) is 3.44. The summed E-state index contributed by atoms with van der Waals surface area (Å²) >= 11 is 7.20. The summed E-state index contributed by atoms with van der Waals surface area (Å²) in [4.78, 5) is 29.1. The number of allylic oxidation sites excluding steroid dienone is 1. The molecule has 0 bridgehead atoms. The van der Waals surface area contributed by atoms with Crippen molar-refractivity contribution < 1.29 is 14.3 Å². The van der Waals surface area contributed by atoms with Gasteiger partial charge in [-0.1, -0.05) is 41.6 Å². The van der Waals surface area contributed by atoms with E-state index in [0.29, 0.717) is 22.5 Å². The summed E-state index contributed by atoms with van der Waals surface area (Å²) in [5.74, 6) is -0.468. The molecule has 7 nitrogen and oxygen atoms in total. The minimum Gasteiger partial charge on any atom is -0.496 e. The van der Waals surface area contributed by atoms with Gasteiger partial charge in [0.1, 0.15) is 5.75 Å². The molecule has 29 heavy (non-hydrogen) atoms. The van der Waals surface area contributed by atoms with E-state index in [2.05, 4.69) is 22.4 Å². The van der Waals surface area contributed by atoms with Crippen LogP contribution in [0.4, 0.5) is 0 Å². The number of para-hydroxylation sites is 2. The van der Waals surface area contributed by atoms with Crippen LogP contribution in [0.5, 0.6) is 5.75 Å². The van der Waals surface area contributed by atoms with Crippen molar-refractivity contribution >= 4 is 46.2 Å². The van der Waals surface area contributed by atoms with E-state index in [4.69, 9.17) is 16.3 Å². The Bertz CT molecular complexity index is 1070. The van der Waals surface area contributed by atoms with Crippen LogP contribution in [0, 0.1) is 0 Å². The van der Waals surface area contributed by atoms with Crippen LogP contribution in [0.2, 0.25) is 5.02 Å². The number of fused-ring (bicyclic) bond motifs is 1. The number of benzene rings is 2. The number of ether oxygens (including phenoxy) is 1. The van der Waals surface area contributed by atoms with Crippen LogP contribution in [0.15, 0.2) is 60.3 Å². The Balaban J connectivity index is 1.61. The van der Waals surface area contributed by atoms with Gasteiger partial charge in [0.15, 0.2) is 5.16 Å². The third-order valence-electron chi connectivity index (χ3n) is 3.99. The lowest BCUT2D eigenvalue weighted by molar-refractivity contribution is -0.119. The highest BCUT2D eigenvalue weighted by molar-refractivity contribution is 7.99. The maximum absolute atomic E-state index is 12.3. The smallest absolute Gasteiger partial charge is 0.273 e. The van der Waals surface area contributed by atoms with E-state index in [1.165, 1.54) is 24.9 Å². The average molecular weight is 431 g/mol. The van der Waals surface area contributed by atoms with Crippen LogP contribution in [-0.2, 0) is 11.3 Å². The Labute approximate surface area is 177 Å². The van der Waals surface area contributed by atoms with E-state index >= 15 is 0 Å². The van der Waals surface area contributed by atoms with Gasteiger partial charge >= 0.3 is 0 Å². The quantitative estimate of drug-likeness (QED) is 0.341. The fraction of sp³-hybridized carbons (Fsp3) is 0.150.